The second-order valence-electron chi connectivity index (χ2n) is 4.23. The molecule has 4 nitrogen and oxygen atoms in total. The number of hydrogen-bond acceptors (Lipinski definition) is 3. The third-order valence-electron chi connectivity index (χ3n) is 2.67. The van der Waals surface area contributed by atoms with E-state index >= 15 is 0 Å². The standard InChI is InChI=1S/C10H10BrFN2O2/c1-10(2-3-10)13-8-4-6(11)7(12)5-9(8)14(15)16/h4-5,13H,2-3H2,1H3. The minimum absolute atomic E-state index is 0.0813. The molecule has 1 aromatic rings. The Balaban J connectivity index is 2.41. The summed E-state index contributed by atoms with van der Waals surface area (Å²) in [5, 5.41) is 13.8. The van der Waals surface area contributed by atoms with Gasteiger partial charge in [0.05, 0.1) is 15.5 Å². The summed E-state index contributed by atoms with van der Waals surface area (Å²) in [4.78, 5) is 10.2. The highest BCUT2D eigenvalue weighted by Crippen LogP contribution is 2.41. The van der Waals surface area contributed by atoms with Gasteiger partial charge < -0.3 is 5.32 Å². The molecule has 6 heteroatoms. The van der Waals surface area contributed by atoms with Crippen LogP contribution in [0.2, 0.25) is 0 Å². The van der Waals surface area contributed by atoms with Crippen LogP contribution in [0.4, 0.5) is 15.8 Å². The molecule has 1 N–H and O–H groups in total. The number of nitrogens with zero attached hydrogens (tertiary/aromatic N) is 1. The van der Waals surface area contributed by atoms with E-state index in [1.165, 1.54) is 6.07 Å². The Morgan fingerprint density at radius 3 is 2.69 bits per heavy atom. The average molecular weight is 289 g/mol. The zero-order valence-corrected chi connectivity index (χ0v) is 10.2. The molecule has 86 valence electrons. The summed E-state index contributed by atoms with van der Waals surface area (Å²) < 4.78 is 13.4. The first-order valence-corrected chi connectivity index (χ1v) is 5.62. The Morgan fingerprint density at radius 2 is 2.19 bits per heavy atom. The molecule has 0 atom stereocenters. The van der Waals surface area contributed by atoms with Crippen LogP contribution >= 0.6 is 15.9 Å². The fourth-order valence-corrected chi connectivity index (χ4v) is 1.77. The van der Waals surface area contributed by atoms with E-state index in [2.05, 4.69) is 21.2 Å². The minimum atomic E-state index is -0.627. The van der Waals surface area contributed by atoms with Gasteiger partial charge in [0, 0.05) is 5.54 Å². The molecule has 0 unspecified atom stereocenters. The van der Waals surface area contributed by atoms with Crippen molar-refractivity contribution in [3.05, 3.63) is 32.5 Å². The maximum Gasteiger partial charge on any atom is 0.295 e. The Labute approximate surface area is 100 Å². The van der Waals surface area contributed by atoms with Crippen molar-refractivity contribution >= 4 is 27.3 Å². The van der Waals surface area contributed by atoms with Crippen LogP contribution < -0.4 is 5.32 Å². The highest BCUT2D eigenvalue weighted by atomic mass is 79.9. The molecular weight excluding hydrogens is 279 g/mol. The maximum absolute atomic E-state index is 13.2. The molecule has 1 fully saturated rings. The van der Waals surface area contributed by atoms with Gasteiger partial charge in [0.2, 0.25) is 0 Å². The van der Waals surface area contributed by atoms with Gasteiger partial charge in [-0.1, -0.05) is 0 Å². The van der Waals surface area contributed by atoms with Gasteiger partial charge in [-0.15, -0.1) is 0 Å². The first-order valence-electron chi connectivity index (χ1n) is 4.83. The summed E-state index contributed by atoms with van der Waals surface area (Å²) >= 11 is 3.02. The van der Waals surface area contributed by atoms with E-state index in [-0.39, 0.29) is 15.7 Å². The first kappa shape index (κ1) is 11.3. The van der Waals surface area contributed by atoms with Crippen LogP contribution in [-0.4, -0.2) is 10.5 Å². The van der Waals surface area contributed by atoms with Crippen LogP contribution in [0.15, 0.2) is 16.6 Å². The summed E-state index contributed by atoms with van der Waals surface area (Å²) in [5.74, 6) is -0.627. The molecule has 0 radical (unpaired) electrons. The zero-order chi connectivity index (χ0) is 11.9. The van der Waals surface area contributed by atoms with E-state index < -0.39 is 10.7 Å². The van der Waals surface area contributed by atoms with Crippen molar-refractivity contribution in [3.63, 3.8) is 0 Å². The number of nitro benzene ring substituents is 1. The van der Waals surface area contributed by atoms with E-state index in [4.69, 9.17) is 0 Å². The third kappa shape index (κ3) is 2.16. The molecule has 16 heavy (non-hydrogen) atoms. The van der Waals surface area contributed by atoms with Crippen molar-refractivity contribution in [2.45, 2.75) is 25.3 Å². The van der Waals surface area contributed by atoms with Crippen LogP contribution in [0, 0.1) is 15.9 Å². The second kappa shape index (κ2) is 3.69. The molecule has 1 aliphatic carbocycles. The van der Waals surface area contributed by atoms with E-state index in [1.807, 2.05) is 6.92 Å². The van der Waals surface area contributed by atoms with Crippen molar-refractivity contribution in [2.24, 2.45) is 0 Å². The van der Waals surface area contributed by atoms with Gasteiger partial charge >= 0.3 is 0 Å². The molecule has 1 aliphatic rings. The molecular formula is C10H10BrFN2O2. The lowest BCUT2D eigenvalue weighted by molar-refractivity contribution is -0.384. The normalized spacial score (nSPS) is 16.9. The zero-order valence-electron chi connectivity index (χ0n) is 8.59. The van der Waals surface area contributed by atoms with Gasteiger partial charge in [-0.3, -0.25) is 10.1 Å². The second-order valence-corrected chi connectivity index (χ2v) is 5.08. The number of halogens is 2. The number of nitrogens with one attached hydrogen (secondary N) is 1. The summed E-state index contributed by atoms with van der Waals surface area (Å²) in [5.41, 5.74) is 0.0503. The number of anilines is 1. The smallest absolute Gasteiger partial charge is 0.295 e. The summed E-state index contributed by atoms with van der Waals surface area (Å²) in [6.45, 7) is 1.98. The number of rotatable bonds is 3. The molecule has 0 heterocycles. The lowest BCUT2D eigenvalue weighted by Gasteiger charge is -2.13. The minimum Gasteiger partial charge on any atom is -0.374 e. The summed E-state index contributed by atoms with van der Waals surface area (Å²) in [6, 6.07) is 2.34. The van der Waals surface area contributed by atoms with Crippen molar-refractivity contribution in [1.29, 1.82) is 0 Å². The van der Waals surface area contributed by atoms with Gasteiger partial charge in [-0.05, 0) is 41.8 Å². The average Bonchev–Trinajstić information content (AvgIpc) is 2.89. The molecule has 0 saturated heterocycles. The predicted octanol–water partition coefficient (Wildman–Crippen LogP) is 3.46. The summed E-state index contributed by atoms with van der Waals surface area (Å²) in [6.07, 6.45) is 1.94. The van der Waals surface area contributed by atoms with Crippen molar-refractivity contribution in [2.75, 3.05) is 5.32 Å². The van der Waals surface area contributed by atoms with Crippen LogP contribution in [-0.2, 0) is 0 Å². The molecule has 0 spiro atoms. The Morgan fingerprint density at radius 1 is 1.56 bits per heavy atom. The number of hydrogen-bond donors (Lipinski definition) is 1. The van der Waals surface area contributed by atoms with Crippen molar-refractivity contribution in [3.8, 4) is 0 Å². The van der Waals surface area contributed by atoms with Gasteiger partial charge in [0.25, 0.3) is 5.69 Å². The molecule has 1 aromatic carbocycles. The fourth-order valence-electron chi connectivity index (χ4n) is 1.43. The highest BCUT2D eigenvalue weighted by molar-refractivity contribution is 9.10. The fraction of sp³-hybridized carbons (Fsp3) is 0.400. The van der Waals surface area contributed by atoms with Gasteiger partial charge in [0.15, 0.2) is 0 Å². The first-order chi connectivity index (χ1) is 7.41. The molecule has 1 saturated carbocycles. The largest absolute Gasteiger partial charge is 0.374 e. The number of benzene rings is 1. The molecule has 0 bridgehead atoms. The molecule has 0 aliphatic heterocycles. The van der Waals surface area contributed by atoms with Crippen LogP contribution in [0.25, 0.3) is 0 Å². The van der Waals surface area contributed by atoms with Crippen molar-refractivity contribution < 1.29 is 9.31 Å². The van der Waals surface area contributed by atoms with Crippen LogP contribution in [0.3, 0.4) is 0 Å². The lowest BCUT2D eigenvalue weighted by Crippen LogP contribution is -2.17. The number of nitro groups is 1. The highest BCUT2D eigenvalue weighted by Gasteiger charge is 2.38. The van der Waals surface area contributed by atoms with Crippen LogP contribution in [0.1, 0.15) is 19.8 Å². The molecule has 0 aromatic heterocycles. The SMILES string of the molecule is CC1(Nc2cc(Br)c(F)cc2[N+](=O)[O-])CC1. The Bertz CT molecular complexity index is 460. The molecule has 0 amide bonds. The van der Waals surface area contributed by atoms with E-state index in [0.29, 0.717) is 5.69 Å². The maximum atomic E-state index is 13.2. The van der Waals surface area contributed by atoms with Crippen LogP contribution in [0.5, 0.6) is 0 Å². The van der Waals surface area contributed by atoms with Crippen molar-refractivity contribution in [1.82, 2.24) is 0 Å². The predicted molar refractivity (Wildman–Crippen MR) is 62.0 cm³/mol. The van der Waals surface area contributed by atoms with E-state index in [0.717, 1.165) is 18.9 Å². The summed E-state index contributed by atoms with van der Waals surface area (Å²) in [7, 11) is 0. The lowest BCUT2D eigenvalue weighted by atomic mass is 10.2. The van der Waals surface area contributed by atoms with E-state index in [9.17, 15) is 14.5 Å². The Kier molecular flexibility index (Phi) is 2.61. The van der Waals surface area contributed by atoms with Gasteiger partial charge in [-0.2, -0.15) is 0 Å². The van der Waals surface area contributed by atoms with Gasteiger partial charge in [0.1, 0.15) is 11.5 Å². The van der Waals surface area contributed by atoms with Gasteiger partial charge in [-0.25, -0.2) is 4.39 Å². The monoisotopic (exact) mass is 288 g/mol. The quantitative estimate of drug-likeness (QED) is 0.684. The third-order valence-corrected chi connectivity index (χ3v) is 3.28. The Hall–Kier alpha value is -1.17. The van der Waals surface area contributed by atoms with E-state index in [1.54, 1.807) is 0 Å². The topological polar surface area (TPSA) is 55.2 Å². The molecule has 2 rings (SSSR count).